The molecule has 0 spiro atoms. The van der Waals surface area contributed by atoms with Gasteiger partial charge in [0.25, 0.3) is 5.91 Å². The zero-order valence-electron chi connectivity index (χ0n) is 14.6. The molecule has 0 aliphatic carbocycles. The molecule has 24 heavy (non-hydrogen) atoms. The van der Waals surface area contributed by atoms with Gasteiger partial charge in [-0.2, -0.15) is 4.31 Å². The second-order valence-corrected chi connectivity index (χ2v) is 7.59. The molecule has 0 N–H and O–H groups in total. The van der Waals surface area contributed by atoms with Crippen LogP contribution in [0.3, 0.4) is 0 Å². The van der Waals surface area contributed by atoms with Crippen molar-refractivity contribution in [3.05, 3.63) is 23.8 Å². The molecular formula is C17H26N2O4S. The van der Waals surface area contributed by atoms with E-state index < -0.39 is 10.0 Å². The highest BCUT2D eigenvalue weighted by atomic mass is 32.2. The van der Waals surface area contributed by atoms with E-state index in [9.17, 15) is 13.2 Å². The van der Waals surface area contributed by atoms with Gasteiger partial charge in [0, 0.05) is 31.7 Å². The lowest BCUT2D eigenvalue weighted by Crippen LogP contribution is -2.31. The minimum atomic E-state index is -3.65. The lowest BCUT2D eigenvalue weighted by molar-refractivity contribution is 0.0772. The van der Waals surface area contributed by atoms with Crippen molar-refractivity contribution in [2.75, 3.05) is 32.8 Å². The molecule has 1 amide bonds. The molecule has 1 fully saturated rings. The van der Waals surface area contributed by atoms with Crippen LogP contribution >= 0.6 is 0 Å². The second-order valence-electron chi connectivity index (χ2n) is 5.68. The SMILES string of the molecule is CCOc1ccc(C(=O)N(CC)CC)cc1S(=O)(=O)N1CCCC1. The van der Waals surface area contributed by atoms with Crippen molar-refractivity contribution in [3.63, 3.8) is 0 Å². The molecule has 1 aliphatic rings. The summed E-state index contributed by atoms with van der Waals surface area (Å²) in [6.07, 6.45) is 1.72. The number of sulfonamides is 1. The zero-order chi connectivity index (χ0) is 17.7. The third-order valence-corrected chi connectivity index (χ3v) is 6.14. The summed E-state index contributed by atoms with van der Waals surface area (Å²) in [5, 5.41) is 0. The molecule has 0 radical (unpaired) electrons. The number of nitrogens with zero attached hydrogens (tertiary/aromatic N) is 2. The van der Waals surface area contributed by atoms with Gasteiger partial charge >= 0.3 is 0 Å². The maximum Gasteiger partial charge on any atom is 0.253 e. The molecule has 0 aromatic heterocycles. The number of amides is 1. The molecule has 0 atom stereocenters. The van der Waals surface area contributed by atoms with Crippen LogP contribution in [0.2, 0.25) is 0 Å². The Bertz CT molecular complexity index is 678. The van der Waals surface area contributed by atoms with Crippen LogP contribution in [0.5, 0.6) is 5.75 Å². The Hall–Kier alpha value is -1.60. The normalized spacial score (nSPS) is 15.5. The van der Waals surface area contributed by atoms with Gasteiger partial charge < -0.3 is 9.64 Å². The van der Waals surface area contributed by atoms with Crippen molar-refractivity contribution in [3.8, 4) is 5.75 Å². The zero-order valence-corrected chi connectivity index (χ0v) is 15.4. The lowest BCUT2D eigenvalue weighted by Gasteiger charge is -2.21. The fraction of sp³-hybridized carbons (Fsp3) is 0.588. The van der Waals surface area contributed by atoms with Crippen LogP contribution in [0, 0.1) is 0 Å². The van der Waals surface area contributed by atoms with Gasteiger partial charge in [-0.3, -0.25) is 4.79 Å². The van der Waals surface area contributed by atoms with Crippen LogP contribution < -0.4 is 4.74 Å². The standard InChI is InChI=1S/C17H26N2O4S/c1-4-18(5-2)17(20)14-9-10-15(23-6-3)16(13-14)24(21,22)19-11-7-8-12-19/h9-10,13H,4-8,11-12H2,1-3H3. The van der Waals surface area contributed by atoms with E-state index in [4.69, 9.17) is 4.74 Å². The first-order valence-corrected chi connectivity index (χ1v) is 9.95. The van der Waals surface area contributed by atoms with Crippen molar-refractivity contribution in [2.45, 2.75) is 38.5 Å². The van der Waals surface area contributed by atoms with E-state index in [-0.39, 0.29) is 10.8 Å². The molecule has 1 aromatic rings. The summed E-state index contributed by atoms with van der Waals surface area (Å²) in [6.45, 7) is 8.17. The first kappa shape index (κ1) is 18.7. The molecule has 2 rings (SSSR count). The molecule has 1 saturated heterocycles. The summed E-state index contributed by atoms with van der Waals surface area (Å²) in [4.78, 5) is 14.3. The number of carbonyl (C=O) groups is 1. The Labute approximate surface area is 144 Å². The predicted octanol–water partition coefficient (Wildman–Crippen LogP) is 2.35. The fourth-order valence-electron chi connectivity index (χ4n) is 2.88. The summed E-state index contributed by atoms with van der Waals surface area (Å²) >= 11 is 0. The number of benzene rings is 1. The van der Waals surface area contributed by atoms with E-state index in [1.54, 1.807) is 24.0 Å². The molecule has 134 valence electrons. The largest absolute Gasteiger partial charge is 0.492 e. The average molecular weight is 354 g/mol. The van der Waals surface area contributed by atoms with Crippen molar-refractivity contribution >= 4 is 15.9 Å². The minimum absolute atomic E-state index is 0.0873. The van der Waals surface area contributed by atoms with Gasteiger partial charge in [0.15, 0.2) is 0 Å². The van der Waals surface area contributed by atoms with Crippen LogP contribution in [0.15, 0.2) is 23.1 Å². The Morgan fingerprint density at radius 1 is 1.17 bits per heavy atom. The highest BCUT2D eigenvalue weighted by molar-refractivity contribution is 7.89. The van der Waals surface area contributed by atoms with Gasteiger partial charge in [0.1, 0.15) is 10.6 Å². The fourth-order valence-corrected chi connectivity index (χ4v) is 4.55. The molecule has 1 heterocycles. The van der Waals surface area contributed by atoms with Crippen molar-refractivity contribution < 1.29 is 17.9 Å². The smallest absolute Gasteiger partial charge is 0.253 e. The van der Waals surface area contributed by atoms with Gasteiger partial charge in [0.05, 0.1) is 6.61 Å². The molecule has 0 saturated carbocycles. The summed E-state index contributed by atoms with van der Waals surface area (Å²) in [6, 6.07) is 4.68. The summed E-state index contributed by atoms with van der Waals surface area (Å²) < 4.78 is 32.8. The van der Waals surface area contributed by atoms with Gasteiger partial charge in [-0.15, -0.1) is 0 Å². The highest BCUT2D eigenvalue weighted by Crippen LogP contribution is 2.30. The third kappa shape index (κ3) is 3.72. The van der Waals surface area contributed by atoms with E-state index in [1.807, 2.05) is 13.8 Å². The van der Waals surface area contributed by atoms with Crippen LogP contribution in [-0.4, -0.2) is 56.3 Å². The maximum atomic E-state index is 12.9. The number of hydrogen-bond donors (Lipinski definition) is 0. The van der Waals surface area contributed by atoms with Gasteiger partial charge in [-0.1, -0.05) is 0 Å². The molecule has 1 aliphatic heterocycles. The van der Waals surface area contributed by atoms with Crippen LogP contribution in [0.1, 0.15) is 44.0 Å². The van der Waals surface area contributed by atoms with E-state index in [1.165, 1.54) is 10.4 Å². The average Bonchev–Trinajstić information content (AvgIpc) is 3.11. The van der Waals surface area contributed by atoms with Gasteiger partial charge in [0.2, 0.25) is 10.0 Å². The second kappa shape index (κ2) is 7.98. The topological polar surface area (TPSA) is 66.9 Å². The Balaban J connectivity index is 2.47. The molecule has 0 unspecified atom stereocenters. The summed E-state index contributed by atoms with van der Waals surface area (Å²) in [7, 11) is -3.65. The van der Waals surface area contributed by atoms with Crippen LogP contribution in [0.4, 0.5) is 0 Å². The number of ether oxygens (including phenoxy) is 1. The molecule has 1 aromatic carbocycles. The quantitative estimate of drug-likeness (QED) is 0.754. The third-order valence-electron chi connectivity index (χ3n) is 4.22. The monoisotopic (exact) mass is 354 g/mol. The Kier molecular flexibility index (Phi) is 6.23. The van der Waals surface area contributed by atoms with E-state index in [0.717, 1.165) is 12.8 Å². The maximum absolute atomic E-state index is 12.9. The van der Waals surface area contributed by atoms with Crippen LogP contribution in [-0.2, 0) is 10.0 Å². The van der Waals surface area contributed by atoms with E-state index in [0.29, 0.717) is 44.1 Å². The van der Waals surface area contributed by atoms with Crippen molar-refractivity contribution in [1.29, 1.82) is 0 Å². The Morgan fingerprint density at radius 3 is 2.33 bits per heavy atom. The van der Waals surface area contributed by atoms with E-state index in [2.05, 4.69) is 0 Å². The number of carbonyl (C=O) groups excluding carboxylic acids is 1. The first-order valence-electron chi connectivity index (χ1n) is 8.51. The molecule has 6 nitrogen and oxygen atoms in total. The van der Waals surface area contributed by atoms with Gasteiger partial charge in [-0.05, 0) is 51.8 Å². The first-order chi connectivity index (χ1) is 11.5. The lowest BCUT2D eigenvalue weighted by atomic mass is 10.2. The summed E-state index contributed by atoms with van der Waals surface area (Å²) in [5.41, 5.74) is 0.375. The Morgan fingerprint density at radius 2 is 1.79 bits per heavy atom. The van der Waals surface area contributed by atoms with Gasteiger partial charge in [-0.25, -0.2) is 8.42 Å². The molecule has 7 heteroatoms. The van der Waals surface area contributed by atoms with E-state index >= 15 is 0 Å². The summed E-state index contributed by atoms with van der Waals surface area (Å²) in [5.74, 6) is 0.140. The van der Waals surface area contributed by atoms with Crippen molar-refractivity contribution in [1.82, 2.24) is 9.21 Å². The highest BCUT2D eigenvalue weighted by Gasteiger charge is 2.31. The minimum Gasteiger partial charge on any atom is -0.492 e. The van der Waals surface area contributed by atoms with Crippen molar-refractivity contribution in [2.24, 2.45) is 0 Å². The number of rotatable bonds is 7. The van der Waals surface area contributed by atoms with Crippen LogP contribution in [0.25, 0.3) is 0 Å². The molecule has 0 bridgehead atoms. The number of hydrogen-bond acceptors (Lipinski definition) is 4. The predicted molar refractivity (Wildman–Crippen MR) is 92.9 cm³/mol. The molecular weight excluding hydrogens is 328 g/mol.